The molecule has 19 heavy (non-hydrogen) atoms. The summed E-state index contributed by atoms with van der Waals surface area (Å²) in [5, 5.41) is 12.2. The lowest BCUT2D eigenvalue weighted by Crippen LogP contribution is -2.31. The van der Waals surface area contributed by atoms with Crippen molar-refractivity contribution in [2.45, 2.75) is 6.42 Å². The van der Waals surface area contributed by atoms with Crippen LogP contribution in [-0.2, 0) is 0 Å². The molecule has 1 aliphatic heterocycles. The molecule has 0 saturated heterocycles. The van der Waals surface area contributed by atoms with Gasteiger partial charge in [-0.25, -0.2) is 0 Å². The average molecular weight is 277 g/mol. The topological polar surface area (TPSA) is 57.5 Å². The van der Waals surface area contributed by atoms with E-state index < -0.39 is 0 Å². The highest BCUT2D eigenvalue weighted by Crippen LogP contribution is 2.32. The van der Waals surface area contributed by atoms with Crippen LogP contribution in [0.25, 0.3) is 0 Å². The molecule has 1 aromatic rings. The first kappa shape index (κ1) is 13.4. The van der Waals surface area contributed by atoms with Crippen molar-refractivity contribution >= 4 is 23.0 Å². The monoisotopic (exact) mass is 277 g/mol. The first-order valence-corrected chi connectivity index (χ1v) is 6.40. The summed E-state index contributed by atoms with van der Waals surface area (Å²) >= 11 is 5.26. The lowest BCUT2D eigenvalue weighted by atomic mass is 10.2. The molecule has 6 heteroatoms. The fourth-order valence-electron chi connectivity index (χ4n) is 1.66. The summed E-state index contributed by atoms with van der Waals surface area (Å²) in [6.45, 7) is 1.74. The summed E-state index contributed by atoms with van der Waals surface area (Å²) in [6.07, 6.45) is 0.444. The summed E-state index contributed by atoms with van der Waals surface area (Å²) in [7, 11) is 1.85. The fraction of sp³-hybridized carbons (Fsp3) is 0.385. The summed E-state index contributed by atoms with van der Waals surface area (Å²) in [6, 6.07) is 7.70. The van der Waals surface area contributed by atoms with Crippen LogP contribution in [0.1, 0.15) is 6.42 Å². The molecule has 0 saturated carbocycles. The number of anilines is 1. The molecular formula is C13H15N3O2S. The van der Waals surface area contributed by atoms with E-state index in [-0.39, 0.29) is 0 Å². The molecule has 0 amide bonds. The van der Waals surface area contributed by atoms with Crippen molar-refractivity contribution in [3.05, 3.63) is 18.2 Å². The van der Waals surface area contributed by atoms with Crippen molar-refractivity contribution in [3.63, 3.8) is 0 Å². The zero-order valence-corrected chi connectivity index (χ0v) is 11.5. The van der Waals surface area contributed by atoms with Crippen LogP contribution < -0.4 is 14.8 Å². The Morgan fingerprint density at radius 3 is 2.89 bits per heavy atom. The van der Waals surface area contributed by atoms with Crippen LogP contribution in [0.2, 0.25) is 0 Å². The van der Waals surface area contributed by atoms with Gasteiger partial charge in [0.15, 0.2) is 16.6 Å². The Labute approximate surface area is 117 Å². The first-order valence-electron chi connectivity index (χ1n) is 5.99. The molecule has 0 aromatic heterocycles. The largest absolute Gasteiger partial charge is 0.486 e. The molecule has 0 spiro atoms. The maximum absolute atomic E-state index is 8.55. The number of hydrogen-bond acceptors (Lipinski definition) is 4. The number of ether oxygens (including phenoxy) is 2. The molecule has 0 atom stereocenters. The van der Waals surface area contributed by atoms with E-state index >= 15 is 0 Å². The molecule has 1 aliphatic rings. The molecule has 100 valence electrons. The van der Waals surface area contributed by atoms with Crippen LogP contribution in [0.5, 0.6) is 11.5 Å². The Hall–Kier alpha value is -2.00. The van der Waals surface area contributed by atoms with Gasteiger partial charge in [0, 0.05) is 25.3 Å². The lowest BCUT2D eigenvalue weighted by Gasteiger charge is -2.22. The molecule has 1 N–H and O–H groups in total. The molecule has 0 unspecified atom stereocenters. The number of benzene rings is 1. The normalized spacial score (nSPS) is 12.4. The quantitative estimate of drug-likeness (QED) is 0.853. The molecule has 0 aliphatic carbocycles. The minimum absolute atomic E-state index is 0.444. The van der Waals surface area contributed by atoms with Crippen LogP contribution >= 0.6 is 12.2 Å². The van der Waals surface area contributed by atoms with Gasteiger partial charge in [0.2, 0.25) is 0 Å². The molecule has 0 fully saturated rings. The van der Waals surface area contributed by atoms with Gasteiger partial charge in [0.1, 0.15) is 13.2 Å². The van der Waals surface area contributed by atoms with Gasteiger partial charge in [-0.3, -0.25) is 0 Å². The van der Waals surface area contributed by atoms with Crippen LogP contribution in [0, 0.1) is 11.3 Å². The van der Waals surface area contributed by atoms with Gasteiger partial charge < -0.3 is 19.7 Å². The predicted molar refractivity (Wildman–Crippen MR) is 76.5 cm³/mol. The maximum Gasteiger partial charge on any atom is 0.173 e. The summed E-state index contributed by atoms with van der Waals surface area (Å²) in [5.74, 6) is 1.47. The van der Waals surface area contributed by atoms with E-state index in [0.717, 1.165) is 17.2 Å². The minimum atomic E-state index is 0.444. The van der Waals surface area contributed by atoms with Gasteiger partial charge in [-0.05, 0) is 24.4 Å². The summed E-state index contributed by atoms with van der Waals surface area (Å²) in [4.78, 5) is 1.83. The smallest absolute Gasteiger partial charge is 0.173 e. The van der Waals surface area contributed by atoms with Crippen LogP contribution in [0.3, 0.4) is 0 Å². The average Bonchev–Trinajstić information content (AvgIpc) is 2.44. The van der Waals surface area contributed by atoms with Crippen molar-refractivity contribution in [1.29, 1.82) is 5.26 Å². The Morgan fingerprint density at radius 1 is 1.42 bits per heavy atom. The Morgan fingerprint density at radius 2 is 2.16 bits per heavy atom. The zero-order valence-electron chi connectivity index (χ0n) is 10.7. The van der Waals surface area contributed by atoms with Crippen LogP contribution in [0.15, 0.2) is 18.2 Å². The van der Waals surface area contributed by atoms with Gasteiger partial charge in [-0.1, -0.05) is 0 Å². The third-order valence-electron chi connectivity index (χ3n) is 2.70. The minimum Gasteiger partial charge on any atom is -0.486 e. The van der Waals surface area contributed by atoms with Gasteiger partial charge in [-0.15, -0.1) is 0 Å². The summed E-state index contributed by atoms with van der Waals surface area (Å²) < 4.78 is 11.0. The Balaban J connectivity index is 1.99. The summed E-state index contributed by atoms with van der Waals surface area (Å²) in [5.41, 5.74) is 0.845. The van der Waals surface area contributed by atoms with Crippen molar-refractivity contribution in [3.8, 4) is 17.6 Å². The number of nitrogens with one attached hydrogen (secondary N) is 1. The molecular weight excluding hydrogens is 262 g/mol. The van der Waals surface area contributed by atoms with Gasteiger partial charge >= 0.3 is 0 Å². The Bertz CT molecular complexity index is 513. The Kier molecular flexibility index (Phi) is 4.42. The van der Waals surface area contributed by atoms with Crippen molar-refractivity contribution in [1.82, 2.24) is 4.90 Å². The highest BCUT2D eigenvalue weighted by molar-refractivity contribution is 7.80. The van der Waals surface area contributed by atoms with Gasteiger partial charge in [0.05, 0.1) is 12.5 Å². The maximum atomic E-state index is 8.55. The van der Waals surface area contributed by atoms with Gasteiger partial charge in [0.25, 0.3) is 0 Å². The second kappa shape index (κ2) is 6.25. The standard InChI is InChI=1S/C13H15N3O2S/c1-16(6-2-5-14)13(19)15-10-3-4-11-12(9-10)18-8-7-17-11/h3-4,9H,2,6-8H2,1H3,(H,15,19). The molecule has 5 nitrogen and oxygen atoms in total. The van der Waals surface area contributed by atoms with Gasteiger partial charge in [-0.2, -0.15) is 5.26 Å². The first-order chi connectivity index (χ1) is 9.20. The fourth-order valence-corrected chi connectivity index (χ4v) is 1.87. The van der Waals surface area contributed by atoms with E-state index in [4.69, 9.17) is 27.0 Å². The van der Waals surface area contributed by atoms with Crippen LogP contribution in [-0.4, -0.2) is 36.8 Å². The third-order valence-corrected chi connectivity index (χ3v) is 3.11. The number of fused-ring (bicyclic) bond motifs is 1. The predicted octanol–water partition coefficient (Wildman–Crippen LogP) is 2.00. The van der Waals surface area contributed by atoms with Crippen molar-refractivity contribution in [2.24, 2.45) is 0 Å². The van der Waals surface area contributed by atoms with Crippen molar-refractivity contribution < 1.29 is 9.47 Å². The van der Waals surface area contributed by atoms with E-state index in [1.807, 2.05) is 30.1 Å². The second-order valence-corrected chi connectivity index (χ2v) is 4.50. The van der Waals surface area contributed by atoms with E-state index in [9.17, 15) is 0 Å². The van der Waals surface area contributed by atoms with Crippen LogP contribution in [0.4, 0.5) is 5.69 Å². The second-order valence-electron chi connectivity index (χ2n) is 4.12. The number of nitrogens with zero attached hydrogens (tertiary/aromatic N) is 2. The highest BCUT2D eigenvalue weighted by atomic mass is 32.1. The molecule has 1 heterocycles. The van der Waals surface area contributed by atoms with E-state index in [1.54, 1.807) is 0 Å². The number of rotatable bonds is 3. The van der Waals surface area contributed by atoms with E-state index in [0.29, 0.717) is 31.3 Å². The number of nitriles is 1. The molecule has 0 bridgehead atoms. The molecule has 2 rings (SSSR count). The number of hydrogen-bond donors (Lipinski definition) is 1. The zero-order chi connectivity index (χ0) is 13.7. The third kappa shape index (κ3) is 3.48. The highest BCUT2D eigenvalue weighted by Gasteiger charge is 2.12. The van der Waals surface area contributed by atoms with E-state index in [2.05, 4.69) is 11.4 Å². The molecule has 0 radical (unpaired) electrons. The number of thiocarbonyl (C=S) groups is 1. The van der Waals surface area contributed by atoms with Crippen molar-refractivity contribution in [2.75, 3.05) is 32.1 Å². The lowest BCUT2D eigenvalue weighted by molar-refractivity contribution is 0.171. The van der Waals surface area contributed by atoms with E-state index in [1.165, 1.54) is 0 Å². The SMILES string of the molecule is CN(CCC#N)C(=S)Nc1ccc2c(c1)OCCO2. The molecule has 1 aromatic carbocycles.